The fourth-order valence-corrected chi connectivity index (χ4v) is 5.43. The lowest BCUT2D eigenvalue weighted by Crippen LogP contribution is -2.48. The Hall–Kier alpha value is -1.75. The van der Waals surface area contributed by atoms with Crippen molar-refractivity contribution in [1.82, 2.24) is 19.3 Å². The molecular weight excluding hydrogens is 472 g/mol. The zero-order valence-electron chi connectivity index (χ0n) is 17.5. The Morgan fingerprint density at radius 3 is 2.40 bits per heavy atom. The van der Waals surface area contributed by atoms with E-state index >= 15 is 0 Å². The molecule has 2 heterocycles. The summed E-state index contributed by atoms with van der Waals surface area (Å²) in [4.78, 5) is 17.2. The van der Waals surface area contributed by atoms with Crippen LogP contribution in [0.1, 0.15) is 35.7 Å². The zero-order chi connectivity index (χ0) is 21.9. The first kappa shape index (κ1) is 22.9. The Bertz CT molecular complexity index is 996. The number of benzene rings is 1. The van der Waals surface area contributed by atoms with E-state index in [1.165, 1.54) is 16.4 Å². The first-order valence-electron chi connectivity index (χ1n) is 9.99. The minimum atomic E-state index is -3.63. The molecule has 1 aliphatic heterocycles. The average molecular weight is 499 g/mol. The van der Waals surface area contributed by atoms with Gasteiger partial charge in [-0.1, -0.05) is 19.0 Å². The topological polar surface area (TPSA) is 87.0 Å². The number of amides is 1. The predicted molar refractivity (Wildman–Crippen MR) is 117 cm³/mol. The van der Waals surface area contributed by atoms with Gasteiger partial charge in [-0.25, -0.2) is 8.42 Å². The number of hydrogen-bond donors (Lipinski definition) is 0. The van der Waals surface area contributed by atoms with Gasteiger partial charge in [0.25, 0.3) is 5.91 Å². The van der Waals surface area contributed by atoms with Crippen LogP contribution in [0, 0.1) is 6.92 Å². The highest BCUT2D eigenvalue weighted by atomic mass is 79.9. The smallest absolute Gasteiger partial charge is 0.255 e. The molecule has 0 saturated carbocycles. The molecule has 0 spiro atoms. The highest BCUT2D eigenvalue weighted by molar-refractivity contribution is 9.10. The monoisotopic (exact) mass is 498 g/mol. The summed E-state index contributed by atoms with van der Waals surface area (Å²) in [5.41, 5.74) is 1.21. The van der Waals surface area contributed by atoms with E-state index in [2.05, 4.69) is 26.0 Å². The Kier molecular flexibility index (Phi) is 7.33. The molecule has 0 aliphatic carbocycles. The number of piperazine rings is 1. The van der Waals surface area contributed by atoms with Gasteiger partial charge in [-0.05, 0) is 41.1 Å². The number of rotatable bonds is 7. The summed E-state index contributed by atoms with van der Waals surface area (Å²) in [5.74, 6) is 0.637. The molecule has 0 N–H and O–H groups in total. The maximum atomic E-state index is 13.1. The molecule has 0 unspecified atom stereocenters. The van der Waals surface area contributed by atoms with Gasteiger partial charge in [0.1, 0.15) is 0 Å². The van der Waals surface area contributed by atoms with Gasteiger partial charge in [0.15, 0.2) is 5.76 Å². The van der Waals surface area contributed by atoms with Crippen molar-refractivity contribution < 1.29 is 17.7 Å². The molecule has 164 valence electrons. The SMILES string of the molecule is CCN(CC)S(=O)(=O)c1ccc(Br)c(C(=O)N2CCN(Cc3cc(C)no3)CC2)c1. The van der Waals surface area contributed by atoms with E-state index in [9.17, 15) is 13.2 Å². The van der Waals surface area contributed by atoms with Crippen LogP contribution in [0.25, 0.3) is 0 Å². The molecule has 1 aliphatic rings. The van der Waals surface area contributed by atoms with Crippen molar-refractivity contribution >= 4 is 31.9 Å². The van der Waals surface area contributed by atoms with Crippen molar-refractivity contribution in [1.29, 1.82) is 0 Å². The maximum Gasteiger partial charge on any atom is 0.255 e. The van der Waals surface area contributed by atoms with Gasteiger partial charge in [-0.3, -0.25) is 9.69 Å². The third kappa shape index (κ3) is 4.93. The Balaban J connectivity index is 1.71. The molecule has 1 amide bonds. The van der Waals surface area contributed by atoms with Crippen LogP contribution in [0.15, 0.2) is 38.2 Å². The Morgan fingerprint density at radius 2 is 1.83 bits per heavy atom. The number of hydrogen-bond acceptors (Lipinski definition) is 6. The molecular formula is C20H27BrN4O4S. The lowest BCUT2D eigenvalue weighted by atomic mass is 10.2. The number of aryl methyl sites for hydroxylation is 1. The second-order valence-corrected chi connectivity index (χ2v) is 10.0. The van der Waals surface area contributed by atoms with Gasteiger partial charge in [0.2, 0.25) is 10.0 Å². The van der Waals surface area contributed by atoms with Crippen LogP contribution in [0.3, 0.4) is 0 Å². The minimum Gasteiger partial charge on any atom is -0.360 e. The summed E-state index contributed by atoms with van der Waals surface area (Å²) in [7, 11) is -3.63. The van der Waals surface area contributed by atoms with E-state index in [0.29, 0.717) is 55.8 Å². The van der Waals surface area contributed by atoms with E-state index in [-0.39, 0.29) is 10.8 Å². The number of carbonyl (C=O) groups excluding carboxylic acids is 1. The molecule has 10 heteroatoms. The molecule has 0 atom stereocenters. The van der Waals surface area contributed by atoms with Gasteiger partial charge < -0.3 is 9.42 Å². The van der Waals surface area contributed by atoms with Crippen LogP contribution in [0.4, 0.5) is 0 Å². The summed E-state index contributed by atoms with van der Waals surface area (Å²) in [6.45, 7) is 9.44. The van der Waals surface area contributed by atoms with Gasteiger partial charge in [0.05, 0.1) is 22.7 Å². The fourth-order valence-electron chi connectivity index (χ4n) is 3.53. The maximum absolute atomic E-state index is 13.1. The zero-order valence-corrected chi connectivity index (χ0v) is 19.9. The normalized spacial score (nSPS) is 15.7. The molecule has 8 nitrogen and oxygen atoms in total. The molecule has 30 heavy (non-hydrogen) atoms. The molecule has 3 rings (SSSR count). The summed E-state index contributed by atoms with van der Waals surface area (Å²) in [6, 6.07) is 6.55. The third-order valence-electron chi connectivity index (χ3n) is 5.23. The van der Waals surface area contributed by atoms with Crippen LogP contribution < -0.4 is 0 Å². The minimum absolute atomic E-state index is 0.136. The summed E-state index contributed by atoms with van der Waals surface area (Å²) < 4.78 is 32.9. The van der Waals surface area contributed by atoms with Gasteiger partial charge in [0, 0.05) is 49.8 Å². The van der Waals surface area contributed by atoms with E-state index in [4.69, 9.17) is 4.52 Å². The van der Waals surface area contributed by atoms with Crippen LogP contribution in [0.5, 0.6) is 0 Å². The van der Waals surface area contributed by atoms with Crippen molar-refractivity contribution in [2.75, 3.05) is 39.3 Å². The molecule has 1 aromatic heterocycles. The van der Waals surface area contributed by atoms with Gasteiger partial charge in [-0.2, -0.15) is 4.31 Å². The molecule has 1 aromatic carbocycles. The lowest BCUT2D eigenvalue weighted by molar-refractivity contribution is 0.0616. The largest absolute Gasteiger partial charge is 0.360 e. The van der Waals surface area contributed by atoms with Crippen molar-refractivity contribution in [2.24, 2.45) is 0 Å². The third-order valence-corrected chi connectivity index (χ3v) is 7.96. The van der Waals surface area contributed by atoms with Crippen molar-refractivity contribution in [3.8, 4) is 0 Å². The predicted octanol–water partition coefficient (Wildman–Crippen LogP) is 2.73. The lowest BCUT2D eigenvalue weighted by Gasteiger charge is -2.34. The van der Waals surface area contributed by atoms with Crippen LogP contribution >= 0.6 is 15.9 Å². The van der Waals surface area contributed by atoms with Crippen molar-refractivity contribution in [3.63, 3.8) is 0 Å². The van der Waals surface area contributed by atoms with Crippen LogP contribution in [0.2, 0.25) is 0 Å². The van der Waals surface area contributed by atoms with Crippen molar-refractivity contribution in [2.45, 2.75) is 32.2 Å². The van der Waals surface area contributed by atoms with E-state index < -0.39 is 10.0 Å². The quantitative estimate of drug-likeness (QED) is 0.583. The van der Waals surface area contributed by atoms with Crippen molar-refractivity contribution in [3.05, 3.63) is 45.8 Å². The molecule has 1 fully saturated rings. The number of aromatic nitrogens is 1. The standard InChI is InChI=1S/C20H27BrN4O4S/c1-4-25(5-2)30(27,28)17-6-7-19(21)18(13-17)20(26)24-10-8-23(9-11-24)14-16-12-15(3)22-29-16/h6-7,12-13H,4-5,8-11,14H2,1-3H3. The average Bonchev–Trinajstić information content (AvgIpc) is 3.13. The van der Waals surface area contributed by atoms with Crippen LogP contribution in [-0.4, -0.2) is 72.9 Å². The second kappa shape index (κ2) is 9.59. The van der Waals surface area contributed by atoms with E-state index in [0.717, 1.165) is 11.5 Å². The summed E-state index contributed by atoms with van der Waals surface area (Å²) >= 11 is 3.41. The van der Waals surface area contributed by atoms with E-state index in [1.807, 2.05) is 13.0 Å². The number of carbonyl (C=O) groups is 1. The number of halogens is 1. The fraction of sp³-hybridized carbons (Fsp3) is 0.500. The molecule has 0 radical (unpaired) electrons. The number of sulfonamides is 1. The first-order valence-corrected chi connectivity index (χ1v) is 12.2. The highest BCUT2D eigenvalue weighted by Crippen LogP contribution is 2.25. The van der Waals surface area contributed by atoms with E-state index in [1.54, 1.807) is 24.8 Å². The summed E-state index contributed by atoms with van der Waals surface area (Å²) in [5, 5.41) is 3.90. The van der Waals surface area contributed by atoms with Gasteiger partial charge in [-0.15, -0.1) is 0 Å². The summed E-state index contributed by atoms with van der Waals surface area (Å²) in [6.07, 6.45) is 0. The van der Waals surface area contributed by atoms with Gasteiger partial charge >= 0.3 is 0 Å². The Morgan fingerprint density at radius 1 is 1.17 bits per heavy atom. The first-order chi connectivity index (χ1) is 14.3. The molecule has 1 saturated heterocycles. The molecule has 0 bridgehead atoms. The highest BCUT2D eigenvalue weighted by Gasteiger charge is 2.27. The Labute approximate surface area is 186 Å². The van der Waals surface area contributed by atoms with Crippen LogP contribution in [-0.2, 0) is 16.6 Å². The molecule has 2 aromatic rings. The number of nitrogens with zero attached hydrogens (tertiary/aromatic N) is 4. The second-order valence-electron chi connectivity index (χ2n) is 7.23.